The summed E-state index contributed by atoms with van der Waals surface area (Å²) in [4.78, 5) is 28.9. The lowest BCUT2D eigenvalue weighted by Gasteiger charge is -2.20. The smallest absolute Gasteiger partial charge is 0.262 e. The fraction of sp³-hybridized carbons (Fsp3) is 0.0435. The number of ether oxygens (including phenoxy) is 1. The van der Waals surface area contributed by atoms with Crippen LogP contribution in [0.5, 0.6) is 5.75 Å². The van der Waals surface area contributed by atoms with E-state index < -0.39 is 0 Å². The molecule has 3 aromatic rings. The van der Waals surface area contributed by atoms with Crippen LogP contribution in [0.3, 0.4) is 0 Å². The Bertz CT molecular complexity index is 1060. The van der Waals surface area contributed by atoms with Gasteiger partial charge in [0.25, 0.3) is 5.91 Å². The fourth-order valence-electron chi connectivity index (χ4n) is 2.96. The van der Waals surface area contributed by atoms with E-state index in [2.05, 4.69) is 0 Å². The van der Waals surface area contributed by atoms with Gasteiger partial charge in [0.2, 0.25) is 5.78 Å². The number of hydrogen-bond donors (Lipinski definition) is 0. The molecule has 0 unspecified atom stereocenters. The largest absolute Gasteiger partial charge is 0.497 e. The molecule has 0 saturated carbocycles. The van der Waals surface area contributed by atoms with Crippen molar-refractivity contribution in [2.75, 3.05) is 12.0 Å². The van der Waals surface area contributed by atoms with Gasteiger partial charge in [-0.3, -0.25) is 14.5 Å². The maximum atomic E-state index is 13.2. The van der Waals surface area contributed by atoms with Gasteiger partial charge in [-0.15, -0.1) is 0 Å². The van der Waals surface area contributed by atoms with E-state index in [4.69, 9.17) is 4.74 Å². The molecular formula is C23H17NO3S. The maximum absolute atomic E-state index is 13.2. The minimum Gasteiger partial charge on any atom is -0.497 e. The van der Waals surface area contributed by atoms with E-state index >= 15 is 0 Å². The van der Waals surface area contributed by atoms with E-state index in [1.165, 1.54) is 16.7 Å². The first-order chi connectivity index (χ1) is 13.7. The summed E-state index contributed by atoms with van der Waals surface area (Å²) in [5.74, 6) is 0.421. The number of Topliss-reactive ketones (excluding diaryl/α,β-unsaturated/α-hetero) is 1. The van der Waals surface area contributed by atoms with Crippen LogP contribution in [0.1, 0.15) is 20.7 Å². The van der Waals surface area contributed by atoms with Crippen LogP contribution in [0.25, 0.3) is 0 Å². The number of allylic oxidation sites excluding steroid dienone is 1. The molecule has 5 heteroatoms. The van der Waals surface area contributed by atoms with Crippen LogP contribution in [-0.4, -0.2) is 18.8 Å². The van der Waals surface area contributed by atoms with Gasteiger partial charge in [-0.2, -0.15) is 0 Å². The average Bonchev–Trinajstić information content (AvgIpc) is 3.08. The molecule has 1 heterocycles. The summed E-state index contributed by atoms with van der Waals surface area (Å²) in [6.07, 6.45) is 1.63. The van der Waals surface area contributed by atoms with Gasteiger partial charge in [-0.1, -0.05) is 42.1 Å². The van der Waals surface area contributed by atoms with Gasteiger partial charge in [0, 0.05) is 27.9 Å². The van der Waals surface area contributed by atoms with Crippen LogP contribution in [0.4, 0.5) is 5.69 Å². The van der Waals surface area contributed by atoms with Gasteiger partial charge >= 0.3 is 0 Å². The van der Waals surface area contributed by atoms with E-state index in [1.54, 1.807) is 49.7 Å². The quantitative estimate of drug-likeness (QED) is 0.579. The Morgan fingerprint density at radius 1 is 0.929 bits per heavy atom. The molecule has 0 atom stereocenters. The lowest BCUT2D eigenvalue weighted by Crippen LogP contribution is -2.26. The molecule has 0 N–H and O–H groups in total. The molecule has 0 aromatic heterocycles. The third kappa shape index (κ3) is 3.44. The zero-order valence-electron chi connectivity index (χ0n) is 15.2. The van der Waals surface area contributed by atoms with Gasteiger partial charge in [0.1, 0.15) is 5.75 Å². The van der Waals surface area contributed by atoms with Crippen molar-refractivity contribution < 1.29 is 14.3 Å². The van der Waals surface area contributed by atoms with Crippen molar-refractivity contribution in [1.29, 1.82) is 0 Å². The Kier molecular flexibility index (Phi) is 5.00. The molecule has 0 spiro atoms. The fourth-order valence-corrected chi connectivity index (χ4v) is 3.97. The molecule has 0 aliphatic carbocycles. The predicted molar refractivity (Wildman–Crippen MR) is 111 cm³/mol. The summed E-state index contributed by atoms with van der Waals surface area (Å²) in [5.41, 5.74) is 1.87. The molecule has 0 saturated heterocycles. The molecule has 0 bridgehead atoms. The van der Waals surface area contributed by atoms with Crippen molar-refractivity contribution in [1.82, 2.24) is 0 Å². The lowest BCUT2D eigenvalue weighted by molar-refractivity contribution is 0.0997. The Morgan fingerprint density at radius 2 is 1.61 bits per heavy atom. The minimum absolute atomic E-state index is 0.0695. The van der Waals surface area contributed by atoms with Crippen molar-refractivity contribution in [3.05, 3.63) is 101 Å². The molecule has 1 aliphatic rings. The third-order valence-corrected chi connectivity index (χ3v) is 5.50. The number of carbonyl (C=O) groups excluding carboxylic acids is 2. The summed E-state index contributed by atoms with van der Waals surface area (Å²) in [6, 6.07) is 23.7. The number of fused-ring (bicyclic) bond motifs is 1. The molecule has 4 rings (SSSR count). The van der Waals surface area contributed by atoms with E-state index in [1.807, 2.05) is 42.5 Å². The number of nitrogens with zero attached hydrogens (tertiary/aromatic N) is 1. The van der Waals surface area contributed by atoms with Gasteiger partial charge in [-0.05, 0) is 48.5 Å². The predicted octanol–water partition coefficient (Wildman–Crippen LogP) is 5.17. The normalized spacial score (nSPS) is 14.0. The Balaban J connectivity index is 1.75. The van der Waals surface area contributed by atoms with E-state index in [9.17, 15) is 9.59 Å². The standard InChI is InChI=1S/C23H17NO3S/c1-27-18-13-11-17(12-14-18)24(23(26)16-7-3-2-4-8-16)15-21-22(25)19-9-5-6-10-20(19)28-21/h2-15H,1H3/b21-15-. The minimum atomic E-state index is -0.206. The number of rotatable bonds is 4. The van der Waals surface area contributed by atoms with Gasteiger partial charge in [-0.25, -0.2) is 0 Å². The summed E-state index contributed by atoms with van der Waals surface area (Å²) < 4.78 is 5.21. The molecule has 28 heavy (non-hydrogen) atoms. The van der Waals surface area contributed by atoms with E-state index in [0.717, 1.165) is 4.90 Å². The Hall–Kier alpha value is -3.31. The first-order valence-corrected chi connectivity index (χ1v) is 9.55. The second-order valence-corrected chi connectivity index (χ2v) is 7.24. The second kappa shape index (κ2) is 7.74. The Labute approximate surface area is 167 Å². The van der Waals surface area contributed by atoms with E-state index in [0.29, 0.717) is 27.5 Å². The van der Waals surface area contributed by atoms with Gasteiger partial charge < -0.3 is 4.74 Å². The molecule has 1 amide bonds. The highest BCUT2D eigenvalue weighted by Crippen LogP contribution is 2.40. The molecule has 4 nitrogen and oxygen atoms in total. The highest BCUT2D eigenvalue weighted by Gasteiger charge is 2.27. The van der Waals surface area contributed by atoms with Crippen molar-refractivity contribution >= 4 is 29.1 Å². The van der Waals surface area contributed by atoms with E-state index in [-0.39, 0.29) is 11.7 Å². The molecule has 138 valence electrons. The first-order valence-electron chi connectivity index (χ1n) is 8.73. The third-order valence-electron chi connectivity index (χ3n) is 4.41. The van der Waals surface area contributed by atoms with Crippen LogP contribution in [-0.2, 0) is 0 Å². The maximum Gasteiger partial charge on any atom is 0.262 e. The van der Waals surface area contributed by atoms with Gasteiger partial charge in [0.05, 0.1) is 12.0 Å². The SMILES string of the molecule is COc1ccc(N(/C=C2\Sc3ccccc3C2=O)C(=O)c2ccccc2)cc1. The van der Waals surface area contributed by atoms with Crippen LogP contribution in [0.2, 0.25) is 0 Å². The second-order valence-electron chi connectivity index (χ2n) is 6.16. The number of thioether (sulfide) groups is 1. The van der Waals surface area contributed by atoms with Crippen molar-refractivity contribution in [3.63, 3.8) is 0 Å². The summed E-state index contributed by atoms with van der Waals surface area (Å²) in [6.45, 7) is 0. The summed E-state index contributed by atoms with van der Waals surface area (Å²) >= 11 is 1.38. The van der Waals surface area contributed by atoms with Crippen LogP contribution in [0, 0.1) is 0 Å². The van der Waals surface area contributed by atoms with Crippen LogP contribution < -0.4 is 9.64 Å². The topological polar surface area (TPSA) is 46.6 Å². The van der Waals surface area contributed by atoms with Crippen molar-refractivity contribution in [2.45, 2.75) is 4.90 Å². The number of benzene rings is 3. The zero-order chi connectivity index (χ0) is 19.5. The molecular weight excluding hydrogens is 370 g/mol. The number of carbonyl (C=O) groups is 2. The number of hydrogen-bond acceptors (Lipinski definition) is 4. The molecule has 3 aromatic carbocycles. The Morgan fingerprint density at radius 3 is 2.29 bits per heavy atom. The number of methoxy groups -OCH3 is 1. The van der Waals surface area contributed by atoms with Gasteiger partial charge in [0.15, 0.2) is 0 Å². The van der Waals surface area contributed by atoms with Crippen molar-refractivity contribution in [2.24, 2.45) is 0 Å². The number of anilines is 1. The van der Waals surface area contributed by atoms with Crippen molar-refractivity contribution in [3.8, 4) is 5.75 Å². The lowest BCUT2D eigenvalue weighted by atomic mass is 10.1. The van der Waals surface area contributed by atoms with Crippen LogP contribution >= 0.6 is 11.8 Å². The average molecular weight is 387 g/mol. The highest BCUT2D eigenvalue weighted by molar-refractivity contribution is 8.04. The zero-order valence-corrected chi connectivity index (χ0v) is 16.0. The summed E-state index contributed by atoms with van der Waals surface area (Å²) in [7, 11) is 1.59. The number of amides is 1. The number of ketones is 1. The van der Waals surface area contributed by atoms with Crippen LogP contribution in [0.15, 0.2) is 94.9 Å². The summed E-state index contributed by atoms with van der Waals surface area (Å²) in [5, 5.41) is 0. The molecule has 0 radical (unpaired) electrons. The molecule has 0 fully saturated rings. The highest BCUT2D eigenvalue weighted by atomic mass is 32.2. The molecule has 1 aliphatic heterocycles. The monoisotopic (exact) mass is 387 g/mol. The first kappa shape index (κ1) is 18.1.